The Balaban J connectivity index is 1.69. The summed E-state index contributed by atoms with van der Waals surface area (Å²) in [5.74, 6) is 0.716. The number of hydrogen-bond donors (Lipinski definition) is 2. The summed E-state index contributed by atoms with van der Waals surface area (Å²) < 4.78 is 7.66. The zero-order valence-corrected chi connectivity index (χ0v) is 16.3. The Hall–Kier alpha value is -2.06. The van der Waals surface area contributed by atoms with Gasteiger partial charge in [0.1, 0.15) is 12.4 Å². The number of nitrogens with two attached hydrogens (primary N) is 1. The molecule has 4 rings (SSSR count). The van der Waals surface area contributed by atoms with E-state index in [0.717, 1.165) is 11.3 Å². The minimum atomic E-state index is 0.190. The minimum Gasteiger partial charge on any atom is -0.491 e. The van der Waals surface area contributed by atoms with Crippen LogP contribution in [0, 0.1) is 0 Å². The standard InChI is InChI=1S/C17H15Cl3N6O/c18-9-3-12(20)15(16-11-6-22-7-13(11)24-17(21)25-16)14(4-9)27-2-1-26-8-10(19)5-23-26/h3-5,8,22H,1-2,6-7H2,(H2,21,24,25). The molecule has 7 nitrogen and oxygen atoms in total. The first-order valence-corrected chi connectivity index (χ1v) is 9.31. The topological polar surface area (TPSA) is 90.9 Å². The van der Waals surface area contributed by atoms with Crippen LogP contribution in [0.15, 0.2) is 24.5 Å². The number of aromatic nitrogens is 4. The summed E-state index contributed by atoms with van der Waals surface area (Å²) in [6.07, 6.45) is 3.30. The minimum absolute atomic E-state index is 0.190. The molecule has 3 N–H and O–H groups in total. The summed E-state index contributed by atoms with van der Waals surface area (Å²) in [6.45, 7) is 2.14. The summed E-state index contributed by atoms with van der Waals surface area (Å²) in [5, 5.41) is 8.86. The second kappa shape index (κ2) is 7.52. The average molecular weight is 426 g/mol. The highest BCUT2D eigenvalue weighted by Crippen LogP contribution is 2.41. The number of nitrogens with one attached hydrogen (secondary N) is 1. The monoisotopic (exact) mass is 424 g/mol. The number of ether oxygens (including phenoxy) is 1. The van der Waals surface area contributed by atoms with E-state index in [1.54, 1.807) is 29.2 Å². The molecule has 0 radical (unpaired) electrons. The Morgan fingerprint density at radius 2 is 2.00 bits per heavy atom. The summed E-state index contributed by atoms with van der Waals surface area (Å²) in [6, 6.07) is 3.37. The Morgan fingerprint density at radius 1 is 1.15 bits per heavy atom. The van der Waals surface area contributed by atoms with E-state index in [4.69, 9.17) is 45.3 Å². The van der Waals surface area contributed by atoms with Crippen molar-refractivity contribution < 1.29 is 4.74 Å². The third-order valence-electron chi connectivity index (χ3n) is 4.14. The Morgan fingerprint density at radius 3 is 2.78 bits per heavy atom. The molecule has 0 saturated carbocycles. The number of rotatable bonds is 5. The highest BCUT2D eigenvalue weighted by Gasteiger charge is 2.24. The molecule has 0 saturated heterocycles. The highest BCUT2D eigenvalue weighted by molar-refractivity contribution is 6.37. The molecule has 3 heterocycles. The SMILES string of the molecule is Nc1nc2c(c(-c3c(Cl)cc(Cl)cc3OCCn3cc(Cl)cn3)n1)CNC2. The molecule has 10 heteroatoms. The quantitative estimate of drug-likeness (QED) is 0.649. The van der Waals surface area contributed by atoms with Crippen LogP contribution in [0.1, 0.15) is 11.3 Å². The molecule has 1 aromatic carbocycles. The van der Waals surface area contributed by atoms with Gasteiger partial charge >= 0.3 is 0 Å². The fourth-order valence-electron chi connectivity index (χ4n) is 3.00. The second-order valence-corrected chi connectivity index (χ2v) is 7.27. The van der Waals surface area contributed by atoms with E-state index in [-0.39, 0.29) is 5.95 Å². The van der Waals surface area contributed by atoms with Crippen molar-refractivity contribution in [1.82, 2.24) is 25.1 Å². The molecular formula is C17H15Cl3N6O. The van der Waals surface area contributed by atoms with Crippen LogP contribution in [0.25, 0.3) is 11.3 Å². The van der Waals surface area contributed by atoms with Crippen molar-refractivity contribution in [2.24, 2.45) is 0 Å². The van der Waals surface area contributed by atoms with Gasteiger partial charge < -0.3 is 15.8 Å². The molecule has 0 aliphatic carbocycles. The van der Waals surface area contributed by atoms with Crippen LogP contribution in [-0.2, 0) is 19.6 Å². The number of nitrogen functional groups attached to an aromatic ring is 1. The smallest absolute Gasteiger partial charge is 0.220 e. The van der Waals surface area contributed by atoms with Crippen molar-refractivity contribution in [3.05, 3.63) is 50.9 Å². The van der Waals surface area contributed by atoms with Gasteiger partial charge in [0.05, 0.1) is 39.7 Å². The van der Waals surface area contributed by atoms with Crippen LogP contribution >= 0.6 is 34.8 Å². The van der Waals surface area contributed by atoms with Crippen LogP contribution in [0.3, 0.4) is 0 Å². The van der Waals surface area contributed by atoms with E-state index in [2.05, 4.69) is 20.4 Å². The number of anilines is 1. The lowest BCUT2D eigenvalue weighted by molar-refractivity contribution is 0.292. The number of nitrogens with zero attached hydrogens (tertiary/aromatic N) is 4. The van der Waals surface area contributed by atoms with Crippen molar-refractivity contribution in [3.63, 3.8) is 0 Å². The molecule has 0 fully saturated rings. The van der Waals surface area contributed by atoms with Crippen LogP contribution in [0.5, 0.6) is 5.75 Å². The Kier molecular flexibility index (Phi) is 5.10. The van der Waals surface area contributed by atoms with E-state index >= 15 is 0 Å². The van der Waals surface area contributed by atoms with Crippen LogP contribution < -0.4 is 15.8 Å². The van der Waals surface area contributed by atoms with Gasteiger partial charge in [-0.3, -0.25) is 4.68 Å². The molecule has 0 atom stereocenters. The van der Waals surface area contributed by atoms with E-state index in [9.17, 15) is 0 Å². The molecule has 140 valence electrons. The zero-order chi connectivity index (χ0) is 19.0. The molecule has 1 aliphatic heterocycles. The fraction of sp³-hybridized carbons (Fsp3) is 0.235. The average Bonchev–Trinajstić information content (AvgIpc) is 3.22. The lowest BCUT2D eigenvalue weighted by Crippen LogP contribution is -2.10. The van der Waals surface area contributed by atoms with Gasteiger partial charge in [0.15, 0.2) is 0 Å². The van der Waals surface area contributed by atoms with Gasteiger partial charge in [-0.15, -0.1) is 0 Å². The lowest BCUT2D eigenvalue weighted by atomic mass is 10.0. The first kappa shape index (κ1) is 18.3. The molecule has 0 bridgehead atoms. The number of halogens is 3. The first-order valence-electron chi connectivity index (χ1n) is 8.17. The summed E-state index contributed by atoms with van der Waals surface area (Å²) >= 11 is 18.6. The van der Waals surface area contributed by atoms with Gasteiger partial charge in [-0.25, -0.2) is 9.97 Å². The second-order valence-electron chi connectivity index (χ2n) is 5.99. The van der Waals surface area contributed by atoms with Gasteiger partial charge in [-0.05, 0) is 12.1 Å². The van der Waals surface area contributed by atoms with Gasteiger partial charge in [-0.2, -0.15) is 5.10 Å². The predicted molar refractivity (Wildman–Crippen MR) is 105 cm³/mol. The number of fused-ring (bicyclic) bond motifs is 1. The molecule has 0 spiro atoms. The van der Waals surface area contributed by atoms with Crippen LogP contribution in [-0.4, -0.2) is 26.4 Å². The van der Waals surface area contributed by atoms with Crippen molar-refractivity contribution in [2.45, 2.75) is 19.6 Å². The third-order valence-corrected chi connectivity index (χ3v) is 4.85. The van der Waals surface area contributed by atoms with E-state index in [0.29, 0.717) is 58.3 Å². The van der Waals surface area contributed by atoms with Crippen molar-refractivity contribution >= 4 is 40.8 Å². The number of benzene rings is 1. The van der Waals surface area contributed by atoms with Gasteiger partial charge in [0, 0.05) is 29.9 Å². The molecule has 27 heavy (non-hydrogen) atoms. The van der Waals surface area contributed by atoms with Crippen molar-refractivity contribution in [3.8, 4) is 17.0 Å². The zero-order valence-electron chi connectivity index (χ0n) is 14.0. The fourth-order valence-corrected chi connectivity index (χ4v) is 3.72. The summed E-state index contributed by atoms with van der Waals surface area (Å²) in [5.41, 5.74) is 9.01. The molecule has 2 aromatic heterocycles. The molecule has 1 aliphatic rings. The number of hydrogen-bond acceptors (Lipinski definition) is 6. The first-order chi connectivity index (χ1) is 13.0. The lowest BCUT2D eigenvalue weighted by Gasteiger charge is -2.16. The Bertz CT molecular complexity index is 1010. The van der Waals surface area contributed by atoms with Crippen molar-refractivity contribution in [2.75, 3.05) is 12.3 Å². The molecule has 3 aromatic rings. The maximum Gasteiger partial charge on any atom is 0.220 e. The van der Waals surface area contributed by atoms with E-state index < -0.39 is 0 Å². The third kappa shape index (κ3) is 3.82. The van der Waals surface area contributed by atoms with E-state index in [1.807, 2.05) is 0 Å². The van der Waals surface area contributed by atoms with Crippen molar-refractivity contribution in [1.29, 1.82) is 0 Å². The van der Waals surface area contributed by atoms with Crippen LogP contribution in [0.4, 0.5) is 5.95 Å². The molecular weight excluding hydrogens is 411 g/mol. The van der Waals surface area contributed by atoms with Gasteiger partial charge in [0.25, 0.3) is 0 Å². The Labute approximate surface area is 170 Å². The predicted octanol–water partition coefficient (Wildman–Crippen LogP) is 3.56. The summed E-state index contributed by atoms with van der Waals surface area (Å²) in [7, 11) is 0. The van der Waals surface area contributed by atoms with E-state index in [1.165, 1.54) is 0 Å². The highest BCUT2D eigenvalue weighted by atomic mass is 35.5. The van der Waals surface area contributed by atoms with Crippen LogP contribution in [0.2, 0.25) is 15.1 Å². The van der Waals surface area contributed by atoms with Gasteiger partial charge in [-0.1, -0.05) is 34.8 Å². The largest absolute Gasteiger partial charge is 0.491 e. The maximum absolute atomic E-state index is 6.50. The van der Waals surface area contributed by atoms with Gasteiger partial charge in [0.2, 0.25) is 5.95 Å². The summed E-state index contributed by atoms with van der Waals surface area (Å²) in [4.78, 5) is 8.71. The molecule has 0 amide bonds. The normalized spacial score (nSPS) is 13.0. The maximum atomic E-state index is 6.50. The molecule has 0 unspecified atom stereocenters.